The molecule has 9 heteroatoms. The van der Waals surface area contributed by atoms with Crippen LogP contribution in [-0.4, -0.2) is 32.8 Å². The van der Waals surface area contributed by atoms with Gasteiger partial charge in [0.2, 0.25) is 5.89 Å². The Kier molecular flexibility index (Phi) is 5.57. The van der Waals surface area contributed by atoms with Gasteiger partial charge in [0.05, 0.1) is 5.25 Å². The van der Waals surface area contributed by atoms with E-state index in [4.69, 9.17) is 4.42 Å². The molecule has 0 radical (unpaired) electrons. The van der Waals surface area contributed by atoms with Crippen LogP contribution in [0.2, 0.25) is 0 Å². The second-order valence-electron chi connectivity index (χ2n) is 5.14. The van der Waals surface area contributed by atoms with Gasteiger partial charge in [-0.15, -0.1) is 10.2 Å². The summed E-state index contributed by atoms with van der Waals surface area (Å²) in [6, 6.07) is 9.00. The summed E-state index contributed by atoms with van der Waals surface area (Å²) in [4.78, 5) is 16.4. The van der Waals surface area contributed by atoms with Crippen LogP contribution >= 0.6 is 11.8 Å². The van der Waals surface area contributed by atoms with Gasteiger partial charge >= 0.3 is 6.61 Å². The van der Waals surface area contributed by atoms with Crippen LogP contribution in [0.3, 0.4) is 0 Å². The van der Waals surface area contributed by atoms with Gasteiger partial charge in [-0.3, -0.25) is 9.78 Å². The fraction of sp³-hybridized carbons (Fsp3) is 0.176. The van der Waals surface area contributed by atoms with Gasteiger partial charge in [-0.2, -0.15) is 8.78 Å². The normalized spacial score (nSPS) is 12.2. The van der Waals surface area contributed by atoms with Crippen molar-refractivity contribution in [2.45, 2.75) is 24.0 Å². The number of pyridine rings is 1. The van der Waals surface area contributed by atoms with Crippen molar-refractivity contribution >= 4 is 17.5 Å². The van der Waals surface area contributed by atoms with Crippen LogP contribution in [0, 0.1) is 0 Å². The SMILES string of the molecule is C[C@@H](Sc1nnc(-c2ccncc2)o1)C(=O)c1ccc(OC(F)F)cc1. The summed E-state index contributed by atoms with van der Waals surface area (Å²) in [7, 11) is 0. The van der Waals surface area contributed by atoms with Crippen molar-refractivity contribution < 1.29 is 22.7 Å². The van der Waals surface area contributed by atoms with Crippen LogP contribution in [-0.2, 0) is 0 Å². The summed E-state index contributed by atoms with van der Waals surface area (Å²) in [5.74, 6) is 0.140. The first-order valence-electron chi connectivity index (χ1n) is 7.52. The highest BCUT2D eigenvalue weighted by atomic mass is 32.2. The third kappa shape index (κ3) is 4.42. The smallest absolute Gasteiger partial charge is 0.387 e. The number of Topliss-reactive ketones (excluding diaryl/α,β-unsaturated/α-hetero) is 1. The number of carbonyl (C=O) groups is 1. The number of ether oxygens (including phenoxy) is 1. The largest absolute Gasteiger partial charge is 0.435 e. The maximum absolute atomic E-state index is 12.5. The lowest BCUT2D eigenvalue weighted by Gasteiger charge is -2.09. The number of aromatic nitrogens is 3. The second kappa shape index (κ2) is 8.05. The van der Waals surface area contributed by atoms with E-state index >= 15 is 0 Å². The van der Waals surface area contributed by atoms with Crippen molar-refractivity contribution in [3.8, 4) is 17.2 Å². The molecule has 0 bridgehead atoms. The van der Waals surface area contributed by atoms with Gasteiger partial charge in [0.1, 0.15) is 5.75 Å². The lowest BCUT2D eigenvalue weighted by molar-refractivity contribution is -0.0498. The Hall–Kier alpha value is -2.81. The van der Waals surface area contributed by atoms with Crippen LogP contribution in [0.1, 0.15) is 17.3 Å². The Labute approximate surface area is 151 Å². The van der Waals surface area contributed by atoms with E-state index in [9.17, 15) is 13.6 Å². The van der Waals surface area contributed by atoms with Crippen molar-refractivity contribution in [3.63, 3.8) is 0 Å². The minimum Gasteiger partial charge on any atom is -0.435 e. The van der Waals surface area contributed by atoms with E-state index in [1.807, 2.05) is 0 Å². The summed E-state index contributed by atoms with van der Waals surface area (Å²) >= 11 is 1.12. The second-order valence-corrected chi connectivity index (χ2v) is 6.43. The Balaban J connectivity index is 1.65. The van der Waals surface area contributed by atoms with Gasteiger partial charge in [-0.25, -0.2) is 0 Å². The van der Waals surface area contributed by atoms with Crippen molar-refractivity contribution in [2.24, 2.45) is 0 Å². The molecular formula is C17H13F2N3O3S. The molecule has 3 aromatic rings. The minimum absolute atomic E-state index is 0.00394. The summed E-state index contributed by atoms with van der Waals surface area (Å²) in [5, 5.41) is 7.63. The lowest BCUT2D eigenvalue weighted by Crippen LogP contribution is -2.13. The van der Waals surface area contributed by atoms with Crippen molar-refractivity contribution in [2.75, 3.05) is 0 Å². The fourth-order valence-electron chi connectivity index (χ4n) is 2.11. The molecule has 6 nitrogen and oxygen atoms in total. The fourth-order valence-corrected chi connectivity index (χ4v) is 2.87. The Bertz CT molecular complexity index is 872. The lowest BCUT2D eigenvalue weighted by atomic mass is 10.1. The van der Waals surface area contributed by atoms with Gasteiger partial charge in [-0.05, 0) is 43.3 Å². The summed E-state index contributed by atoms with van der Waals surface area (Å²) < 4.78 is 34.1. The maximum atomic E-state index is 12.5. The van der Waals surface area contributed by atoms with Gasteiger partial charge < -0.3 is 9.15 Å². The predicted octanol–water partition coefficient (Wildman–Crippen LogP) is 4.10. The number of thioether (sulfide) groups is 1. The van der Waals surface area contributed by atoms with Crippen molar-refractivity contribution in [1.82, 2.24) is 15.2 Å². The molecule has 26 heavy (non-hydrogen) atoms. The molecule has 0 aliphatic heterocycles. The van der Waals surface area contributed by atoms with E-state index < -0.39 is 11.9 Å². The Morgan fingerprint density at radius 1 is 1.12 bits per heavy atom. The number of benzene rings is 1. The number of alkyl halides is 2. The number of ketones is 1. The molecule has 2 aromatic heterocycles. The molecule has 0 aliphatic rings. The third-order valence-corrected chi connectivity index (χ3v) is 4.28. The molecular weight excluding hydrogens is 364 g/mol. The molecule has 0 unspecified atom stereocenters. The minimum atomic E-state index is -2.90. The molecule has 0 aliphatic carbocycles. The zero-order valence-corrected chi connectivity index (χ0v) is 14.3. The van der Waals surface area contributed by atoms with Crippen LogP contribution in [0.5, 0.6) is 5.75 Å². The van der Waals surface area contributed by atoms with E-state index in [1.54, 1.807) is 31.5 Å². The molecule has 0 amide bonds. The topological polar surface area (TPSA) is 78.1 Å². The standard InChI is InChI=1S/C17H13F2N3O3S/c1-10(14(23)11-2-4-13(5-3-11)24-16(18)19)26-17-22-21-15(25-17)12-6-8-20-9-7-12/h2-10,16H,1H3/t10-/m1/s1. The van der Waals surface area contributed by atoms with Crippen LogP contribution in [0.15, 0.2) is 58.4 Å². The number of hydrogen-bond donors (Lipinski definition) is 0. The van der Waals surface area contributed by atoms with Crippen LogP contribution in [0.25, 0.3) is 11.5 Å². The third-order valence-electron chi connectivity index (χ3n) is 3.34. The highest BCUT2D eigenvalue weighted by Crippen LogP contribution is 2.28. The van der Waals surface area contributed by atoms with Gasteiger partial charge in [0.25, 0.3) is 5.22 Å². The zero-order valence-electron chi connectivity index (χ0n) is 13.5. The van der Waals surface area contributed by atoms with Gasteiger partial charge in [0, 0.05) is 23.5 Å². The van der Waals surface area contributed by atoms with E-state index in [0.717, 1.165) is 17.3 Å². The highest BCUT2D eigenvalue weighted by molar-refractivity contribution is 8.00. The molecule has 0 N–H and O–H groups in total. The number of hydrogen-bond acceptors (Lipinski definition) is 7. The highest BCUT2D eigenvalue weighted by Gasteiger charge is 2.20. The predicted molar refractivity (Wildman–Crippen MR) is 90.3 cm³/mol. The summed E-state index contributed by atoms with van der Waals surface area (Å²) in [6.45, 7) is -1.20. The Morgan fingerprint density at radius 2 is 1.81 bits per heavy atom. The monoisotopic (exact) mass is 377 g/mol. The number of halogens is 2. The first kappa shape index (κ1) is 18.0. The van der Waals surface area contributed by atoms with E-state index in [1.165, 1.54) is 24.3 Å². The average Bonchev–Trinajstić information content (AvgIpc) is 3.10. The quantitative estimate of drug-likeness (QED) is 0.453. The summed E-state index contributed by atoms with van der Waals surface area (Å²) in [6.07, 6.45) is 3.22. The van der Waals surface area contributed by atoms with E-state index in [2.05, 4.69) is 19.9 Å². The first-order chi connectivity index (χ1) is 12.5. The zero-order chi connectivity index (χ0) is 18.5. The number of rotatable bonds is 7. The summed E-state index contributed by atoms with van der Waals surface area (Å²) in [5.41, 5.74) is 1.11. The van der Waals surface area contributed by atoms with E-state index in [0.29, 0.717) is 11.5 Å². The van der Waals surface area contributed by atoms with Crippen molar-refractivity contribution in [3.05, 3.63) is 54.4 Å². The van der Waals surface area contributed by atoms with Crippen molar-refractivity contribution in [1.29, 1.82) is 0 Å². The van der Waals surface area contributed by atoms with Gasteiger partial charge in [0.15, 0.2) is 5.78 Å². The molecule has 2 heterocycles. The molecule has 0 saturated carbocycles. The first-order valence-corrected chi connectivity index (χ1v) is 8.40. The van der Waals surface area contributed by atoms with Crippen LogP contribution < -0.4 is 4.74 Å². The number of nitrogens with zero attached hydrogens (tertiary/aromatic N) is 3. The van der Waals surface area contributed by atoms with Crippen LogP contribution in [0.4, 0.5) is 8.78 Å². The molecule has 3 rings (SSSR count). The molecule has 0 fully saturated rings. The maximum Gasteiger partial charge on any atom is 0.387 e. The number of carbonyl (C=O) groups excluding carboxylic acids is 1. The Morgan fingerprint density at radius 3 is 2.46 bits per heavy atom. The molecule has 1 atom stereocenters. The van der Waals surface area contributed by atoms with Gasteiger partial charge in [-0.1, -0.05) is 11.8 Å². The average molecular weight is 377 g/mol. The molecule has 134 valence electrons. The van der Waals surface area contributed by atoms with E-state index in [-0.39, 0.29) is 16.8 Å². The molecule has 1 aromatic carbocycles. The molecule has 0 spiro atoms. The molecule has 0 saturated heterocycles.